The Morgan fingerprint density at radius 1 is 1.00 bits per heavy atom. The molecule has 0 unspecified atom stereocenters. The fourth-order valence-corrected chi connectivity index (χ4v) is 3.95. The molecule has 2 aromatic carbocycles. The molecule has 0 aliphatic heterocycles. The number of carboxylic acid groups (broad SMARTS) is 1. The highest BCUT2D eigenvalue weighted by atomic mass is 16.4. The molecule has 0 spiro atoms. The lowest BCUT2D eigenvalue weighted by molar-refractivity contribution is 0.0697. The second kappa shape index (κ2) is 6.71. The number of aromatic amines is 1. The van der Waals surface area contributed by atoms with Gasteiger partial charge in [-0.3, -0.25) is 4.57 Å². The van der Waals surface area contributed by atoms with Crippen molar-refractivity contribution in [3.05, 3.63) is 77.0 Å². The minimum Gasteiger partial charge on any atom is -0.478 e. The molecule has 4 rings (SSSR count). The van der Waals surface area contributed by atoms with Gasteiger partial charge < -0.3 is 10.1 Å². The van der Waals surface area contributed by atoms with Gasteiger partial charge in [-0.2, -0.15) is 0 Å². The van der Waals surface area contributed by atoms with Crippen molar-refractivity contribution >= 4 is 16.9 Å². The van der Waals surface area contributed by atoms with E-state index in [0.717, 1.165) is 17.1 Å². The zero-order valence-electron chi connectivity index (χ0n) is 16.6. The van der Waals surface area contributed by atoms with Crippen molar-refractivity contribution in [3.63, 3.8) is 0 Å². The monoisotopic (exact) mass is 372 g/mol. The van der Waals surface area contributed by atoms with Gasteiger partial charge in [0.05, 0.1) is 11.1 Å². The summed E-state index contributed by atoms with van der Waals surface area (Å²) in [6, 6.07) is 17.6. The summed E-state index contributed by atoms with van der Waals surface area (Å²) >= 11 is 0. The van der Waals surface area contributed by atoms with Crippen molar-refractivity contribution < 1.29 is 9.90 Å². The molecule has 0 aliphatic rings. The Hall–Kier alpha value is -3.27. The molecule has 0 atom stereocenters. The standard InChI is InChI=1S/C24H24N2O2/c1-14(2)19-6-5-7-21-23(19)15(3)16(4)26(21)22-13-12-20(25-22)17-8-10-18(11-9-17)24(27)28/h5-14,25H,1-4H3,(H,27,28). The third-order valence-electron chi connectivity index (χ3n) is 5.55. The van der Waals surface area contributed by atoms with Crippen LogP contribution in [0.25, 0.3) is 28.0 Å². The fourth-order valence-electron chi connectivity index (χ4n) is 3.95. The van der Waals surface area contributed by atoms with Gasteiger partial charge in [-0.25, -0.2) is 4.79 Å². The molecule has 0 saturated carbocycles. The summed E-state index contributed by atoms with van der Waals surface area (Å²) in [6.45, 7) is 8.80. The molecule has 4 aromatic rings. The van der Waals surface area contributed by atoms with E-state index in [2.05, 4.69) is 61.5 Å². The summed E-state index contributed by atoms with van der Waals surface area (Å²) < 4.78 is 2.27. The van der Waals surface area contributed by atoms with Crippen LogP contribution in [0, 0.1) is 13.8 Å². The molecule has 0 fully saturated rings. The first kappa shape index (κ1) is 18.1. The number of nitrogens with one attached hydrogen (secondary N) is 1. The van der Waals surface area contributed by atoms with E-state index in [-0.39, 0.29) is 0 Å². The number of carboxylic acids is 1. The molecule has 142 valence electrons. The molecule has 2 heterocycles. The van der Waals surface area contributed by atoms with Crippen molar-refractivity contribution in [2.45, 2.75) is 33.6 Å². The maximum atomic E-state index is 11.1. The number of carbonyl (C=O) groups is 1. The number of benzene rings is 2. The van der Waals surface area contributed by atoms with E-state index in [1.165, 1.54) is 27.7 Å². The van der Waals surface area contributed by atoms with Gasteiger partial charge >= 0.3 is 5.97 Å². The molecular formula is C24H24N2O2. The van der Waals surface area contributed by atoms with Crippen LogP contribution in [0.15, 0.2) is 54.6 Å². The lowest BCUT2D eigenvalue weighted by Crippen LogP contribution is -1.97. The number of nitrogens with zero attached hydrogens (tertiary/aromatic N) is 1. The number of rotatable bonds is 4. The van der Waals surface area contributed by atoms with E-state index >= 15 is 0 Å². The van der Waals surface area contributed by atoms with Crippen LogP contribution in [-0.2, 0) is 0 Å². The van der Waals surface area contributed by atoms with Crippen LogP contribution in [0.2, 0.25) is 0 Å². The molecule has 0 bridgehead atoms. The third-order valence-corrected chi connectivity index (χ3v) is 5.55. The van der Waals surface area contributed by atoms with E-state index in [9.17, 15) is 4.79 Å². The van der Waals surface area contributed by atoms with Gasteiger partial charge in [0.15, 0.2) is 0 Å². The molecule has 0 radical (unpaired) electrons. The zero-order chi connectivity index (χ0) is 20.0. The molecule has 4 nitrogen and oxygen atoms in total. The molecular weight excluding hydrogens is 348 g/mol. The molecule has 0 amide bonds. The van der Waals surface area contributed by atoms with Crippen LogP contribution in [0.4, 0.5) is 0 Å². The maximum Gasteiger partial charge on any atom is 0.335 e. The smallest absolute Gasteiger partial charge is 0.335 e. The second-order valence-corrected chi connectivity index (χ2v) is 7.58. The van der Waals surface area contributed by atoms with Gasteiger partial charge in [0.1, 0.15) is 5.82 Å². The molecule has 0 aliphatic carbocycles. The summed E-state index contributed by atoms with van der Waals surface area (Å²) in [5.41, 5.74) is 7.32. The normalized spacial score (nSPS) is 11.5. The predicted molar refractivity (Wildman–Crippen MR) is 114 cm³/mol. The highest BCUT2D eigenvalue weighted by Crippen LogP contribution is 2.34. The predicted octanol–water partition coefficient (Wildman–Crippen LogP) is 6.06. The topological polar surface area (TPSA) is 58.0 Å². The van der Waals surface area contributed by atoms with Crippen LogP contribution in [-0.4, -0.2) is 20.6 Å². The van der Waals surface area contributed by atoms with Crippen LogP contribution in [0.3, 0.4) is 0 Å². The Kier molecular flexibility index (Phi) is 4.34. The first-order chi connectivity index (χ1) is 13.4. The van der Waals surface area contributed by atoms with Crippen molar-refractivity contribution in [2.24, 2.45) is 0 Å². The minimum absolute atomic E-state index is 0.291. The van der Waals surface area contributed by atoms with Crippen LogP contribution < -0.4 is 0 Å². The highest BCUT2D eigenvalue weighted by Gasteiger charge is 2.17. The average molecular weight is 372 g/mol. The van der Waals surface area contributed by atoms with E-state index in [4.69, 9.17) is 5.11 Å². The molecule has 2 N–H and O–H groups in total. The largest absolute Gasteiger partial charge is 0.478 e. The first-order valence-corrected chi connectivity index (χ1v) is 9.52. The first-order valence-electron chi connectivity index (χ1n) is 9.52. The molecule has 2 aromatic heterocycles. The molecule has 28 heavy (non-hydrogen) atoms. The highest BCUT2D eigenvalue weighted by molar-refractivity contribution is 5.90. The minimum atomic E-state index is -0.912. The van der Waals surface area contributed by atoms with Crippen molar-refractivity contribution in [3.8, 4) is 17.1 Å². The summed E-state index contributed by atoms with van der Waals surface area (Å²) in [5, 5.41) is 10.4. The Labute approximate surface area is 164 Å². The maximum absolute atomic E-state index is 11.1. The number of aryl methyl sites for hydroxylation is 1. The Morgan fingerprint density at radius 3 is 2.36 bits per heavy atom. The summed E-state index contributed by atoms with van der Waals surface area (Å²) in [6.07, 6.45) is 0. The van der Waals surface area contributed by atoms with E-state index < -0.39 is 5.97 Å². The van der Waals surface area contributed by atoms with Crippen molar-refractivity contribution in [2.75, 3.05) is 0 Å². The number of hydrogen-bond donors (Lipinski definition) is 2. The van der Waals surface area contributed by atoms with Gasteiger partial charge in [0, 0.05) is 16.8 Å². The fraction of sp³-hybridized carbons (Fsp3) is 0.208. The zero-order valence-corrected chi connectivity index (χ0v) is 16.6. The van der Waals surface area contributed by atoms with Gasteiger partial charge in [-0.15, -0.1) is 0 Å². The Balaban J connectivity index is 1.83. The Bertz CT molecular complexity index is 1180. The van der Waals surface area contributed by atoms with E-state index in [0.29, 0.717) is 11.5 Å². The summed E-state index contributed by atoms with van der Waals surface area (Å²) in [7, 11) is 0. The quantitative estimate of drug-likeness (QED) is 0.457. The summed E-state index contributed by atoms with van der Waals surface area (Å²) in [5.74, 6) is 0.558. The lowest BCUT2D eigenvalue weighted by atomic mass is 9.97. The lowest BCUT2D eigenvalue weighted by Gasteiger charge is -2.09. The number of fused-ring (bicyclic) bond motifs is 1. The third kappa shape index (κ3) is 2.82. The Morgan fingerprint density at radius 2 is 1.71 bits per heavy atom. The van der Waals surface area contributed by atoms with Crippen molar-refractivity contribution in [1.29, 1.82) is 0 Å². The average Bonchev–Trinajstić information content (AvgIpc) is 3.25. The van der Waals surface area contributed by atoms with Gasteiger partial charge in [0.2, 0.25) is 0 Å². The van der Waals surface area contributed by atoms with Crippen molar-refractivity contribution in [1.82, 2.24) is 9.55 Å². The van der Waals surface area contributed by atoms with Gasteiger partial charge in [-0.05, 0) is 66.8 Å². The van der Waals surface area contributed by atoms with Gasteiger partial charge in [0.25, 0.3) is 0 Å². The van der Waals surface area contributed by atoms with Crippen LogP contribution in [0.5, 0.6) is 0 Å². The van der Waals surface area contributed by atoms with Crippen LogP contribution >= 0.6 is 0 Å². The van der Waals surface area contributed by atoms with Crippen LogP contribution in [0.1, 0.15) is 46.9 Å². The summed E-state index contributed by atoms with van der Waals surface area (Å²) in [4.78, 5) is 14.6. The number of H-pyrrole nitrogens is 1. The van der Waals surface area contributed by atoms with E-state index in [1.54, 1.807) is 12.1 Å². The SMILES string of the molecule is Cc1c(C)n(-c2ccc(-c3ccc(C(=O)O)cc3)[nH]2)c2cccc(C(C)C)c12. The van der Waals surface area contributed by atoms with E-state index in [1.807, 2.05) is 18.2 Å². The number of hydrogen-bond acceptors (Lipinski definition) is 1. The molecule has 4 heteroatoms. The molecule has 0 saturated heterocycles. The number of aromatic carboxylic acids is 1. The second-order valence-electron chi connectivity index (χ2n) is 7.58. The van der Waals surface area contributed by atoms with Gasteiger partial charge in [-0.1, -0.05) is 38.1 Å². The number of aromatic nitrogens is 2.